The van der Waals surface area contributed by atoms with E-state index >= 15 is 0 Å². The molecule has 1 fully saturated rings. The molecule has 1 aliphatic rings. The van der Waals surface area contributed by atoms with Crippen LogP contribution in [0.1, 0.15) is 28.3 Å². The van der Waals surface area contributed by atoms with E-state index in [1.807, 2.05) is 29.2 Å². The molecule has 0 saturated carbocycles. The number of ether oxygens (including phenoxy) is 2. The summed E-state index contributed by atoms with van der Waals surface area (Å²) < 4.78 is 11.2. The van der Waals surface area contributed by atoms with Crippen molar-refractivity contribution in [3.8, 4) is 11.5 Å². The molecule has 0 bridgehead atoms. The van der Waals surface area contributed by atoms with E-state index in [2.05, 4.69) is 28.1 Å². The number of carbonyl (C=O) groups is 1. The number of hydrogen-bond acceptors (Lipinski definition) is 3. The Morgan fingerprint density at radius 3 is 2.42 bits per heavy atom. The number of carbonyl (C=O) groups excluding carboxylic acids is 1. The quantitative estimate of drug-likeness (QED) is 0.789. The van der Waals surface area contributed by atoms with Gasteiger partial charge in [0, 0.05) is 23.5 Å². The highest BCUT2D eigenvalue weighted by atomic mass is 79.9. The Kier molecular flexibility index (Phi) is 5.09. The number of halogens is 1. The standard InChI is InChI=1S/C19H20BrNO3/c1-23-15-5-3-13(4-6-15)14-9-10-21(12-14)19(22)17-11-16(24-2)7-8-18(17)20/h3-8,11,14H,9-10,12H2,1-2H3/t14-/m0/s1. The SMILES string of the molecule is COc1ccc([C@H]2CCN(C(=O)c3cc(OC)ccc3Br)C2)cc1. The Morgan fingerprint density at radius 2 is 1.75 bits per heavy atom. The highest BCUT2D eigenvalue weighted by Crippen LogP contribution is 2.31. The molecule has 1 heterocycles. The molecule has 0 spiro atoms. The lowest BCUT2D eigenvalue weighted by molar-refractivity contribution is 0.0789. The highest BCUT2D eigenvalue weighted by Gasteiger charge is 2.29. The Hall–Kier alpha value is -2.01. The van der Waals surface area contributed by atoms with Crippen LogP contribution in [0.15, 0.2) is 46.9 Å². The van der Waals surface area contributed by atoms with Crippen LogP contribution in [-0.2, 0) is 0 Å². The van der Waals surface area contributed by atoms with E-state index in [1.165, 1.54) is 5.56 Å². The van der Waals surface area contributed by atoms with Crippen LogP contribution in [0.3, 0.4) is 0 Å². The predicted octanol–water partition coefficient (Wildman–Crippen LogP) is 4.10. The van der Waals surface area contributed by atoms with E-state index in [0.717, 1.165) is 29.7 Å². The van der Waals surface area contributed by atoms with Gasteiger partial charge in [-0.1, -0.05) is 12.1 Å². The maximum atomic E-state index is 12.8. The van der Waals surface area contributed by atoms with Crippen LogP contribution in [-0.4, -0.2) is 38.1 Å². The molecule has 0 radical (unpaired) electrons. The van der Waals surface area contributed by atoms with Crippen molar-refractivity contribution in [3.05, 3.63) is 58.1 Å². The van der Waals surface area contributed by atoms with E-state index in [9.17, 15) is 4.79 Å². The van der Waals surface area contributed by atoms with Crippen LogP contribution < -0.4 is 9.47 Å². The minimum atomic E-state index is 0.0387. The Morgan fingerprint density at radius 1 is 1.08 bits per heavy atom. The largest absolute Gasteiger partial charge is 0.497 e. The van der Waals surface area contributed by atoms with Crippen molar-refractivity contribution >= 4 is 21.8 Å². The van der Waals surface area contributed by atoms with Crippen molar-refractivity contribution in [1.82, 2.24) is 4.90 Å². The van der Waals surface area contributed by atoms with Crippen molar-refractivity contribution in [3.63, 3.8) is 0 Å². The molecule has 1 amide bonds. The van der Waals surface area contributed by atoms with Crippen molar-refractivity contribution < 1.29 is 14.3 Å². The van der Waals surface area contributed by atoms with Crippen molar-refractivity contribution in [2.45, 2.75) is 12.3 Å². The summed E-state index contributed by atoms with van der Waals surface area (Å²) in [6.07, 6.45) is 0.972. The summed E-state index contributed by atoms with van der Waals surface area (Å²) in [5, 5.41) is 0. The van der Waals surface area contributed by atoms with Gasteiger partial charge in [-0.3, -0.25) is 4.79 Å². The number of rotatable bonds is 4. The fraction of sp³-hybridized carbons (Fsp3) is 0.316. The van der Waals surface area contributed by atoms with E-state index in [4.69, 9.17) is 9.47 Å². The van der Waals surface area contributed by atoms with E-state index in [1.54, 1.807) is 20.3 Å². The van der Waals surface area contributed by atoms with Gasteiger partial charge in [0.1, 0.15) is 11.5 Å². The lowest BCUT2D eigenvalue weighted by atomic mass is 9.98. The lowest BCUT2D eigenvalue weighted by Crippen LogP contribution is -2.28. The van der Waals surface area contributed by atoms with Gasteiger partial charge >= 0.3 is 0 Å². The smallest absolute Gasteiger partial charge is 0.255 e. The number of likely N-dealkylation sites (tertiary alicyclic amines) is 1. The maximum Gasteiger partial charge on any atom is 0.255 e. The third-order valence-corrected chi connectivity index (χ3v) is 5.16. The van der Waals surface area contributed by atoms with Crippen LogP contribution >= 0.6 is 15.9 Å². The normalized spacial score (nSPS) is 17.0. The minimum absolute atomic E-state index is 0.0387. The van der Waals surface area contributed by atoms with Gasteiger partial charge in [0.25, 0.3) is 5.91 Å². The molecule has 0 N–H and O–H groups in total. The summed E-state index contributed by atoms with van der Waals surface area (Å²) in [4.78, 5) is 14.7. The first-order valence-electron chi connectivity index (χ1n) is 7.89. The van der Waals surface area contributed by atoms with Crippen LogP contribution in [0.2, 0.25) is 0 Å². The van der Waals surface area contributed by atoms with Crippen molar-refractivity contribution in [2.24, 2.45) is 0 Å². The number of methoxy groups -OCH3 is 2. The summed E-state index contributed by atoms with van der Waals surface area (Å²) in [6, 6.07) is 13.6. The monoisotopic (exact) mass is 389 g/mol. The molecule has 0 aromatic heterocycles. The van der Waals surface area contributed by atoms with Gasteiger partial charge in [0.2, 0.25) is 0 Å². The summed E-state index contributed by atoms with van der Waals surface area (Å²) in [5.41, 5.74) is 1.89. The zero-order valence-electron chi connectivity index (χ0n) is 13.8. The lowest BCUT2D eigenvalue weighted by Gasteiger charge is -2.18. The topological polar surface area (TPSA) is 38.8 Å². The number of nitrogens with zero attached hydrogens (tertiary/aromatic N) is 1. The zero-order chi connectivity index (χ0) is 17.1. The molecule has 4 nitrogen and oxygen atoms in total. The molecular weight excluding hydrogens is 370 g/mol. The first kappa shape index (κ1) is 16.8. The zero-order valence-corrected chi connectivity index (χ0v) is 15.4. The third kappa shape index (κ3) is 3.41. The van der Waals surface area contributed by atoms with E-state index in [-0.39, 0.29) is 5.91 Å². The number of benzene rings is 2. The van der Waals surface area contributed by atoms with Gasteiger partial charge in [-0.2, -0.15) is 0 Å². The molecule has 3 rings (SSSR count). The average Bonchev–Trinajstić information content (AvgIpc) is 3.12. The summed E-state index contributed by atoms with van der Waals surface area (Å²) >= 11 is 3.47. The summed E-state index contributed by atoms with van der Waals surface area (Å²) in [5.74, 6) is 1.94. The number of amides is 1. The van der Waals surface area contributed by atoms with Crippen LogP contribution in [0.5, 0.6) is 11.5 Å². The van der Waals surface area contributed by atoms with Gasteiger partial charge in [-0.05, 0) is 58.2 Å². The second-order valence-corrected chi connectivity index (χ2v) is 6.71. The first-order valence-corrected chi connectivity index (χ1v) is 8.68. The molecule has 2 aromatic carbocycles. The molecule has 0 aliphatic carbocycles. The molecule has 5 heteroatoms. The molecule has 24 heavy (non-hydrogen) atoms. The molecule has 126 valence electrons. The maximum absolute atomic E-state index is 12.8. The molecule has 0 unspecified atom stereocenters. The van der Waals surface area contributed by atoms with E-state index < -0.39 is 0 Å². The number of hydrogen-bond donors (Lipinski definition) is 0. The summed E-state index contributed by atoms with van der Waals surface area (Å²) in [6.45, 7) is 1.49. The third-order valence-electron chi connectivity index (χ3n) is 4.47. The van der Waals surface area contributed by atoms with Gasteiger partial charge in [-0.25, -0.2) is 0 Å². The fourth-order valence-electron chi connectivity index (χ4n) is 3.06. The van der Waals surface area contributed by atoms with E-state index in [0.29, 0.717) is 17.2 Å². The molecule has 1 saturated heterocycles. The molecule has 2 aromatic rings. The van der Waals surface area contributed by atoms with Gasteiger partial charge in [0.15, 0.2) is 0 Å². The Bertz CT molecular complexity index is 730. The van der Waals surface area contributed by atoms with Gasteiger partial charge < -0.3 is 14.4 Å². The predicted molar refractivity (Wildman–Crippen MR) is 96.9 cm³/mol. The molecular formula is C19H20BrNO3. The first-order chi connectivity index (χ1) is 11.6. The second-order valence-electron chi connectivity index (χ2n) is 5.86. The van der Waals surface area contributed by atoms with Crippen LogP contribution in [0, 0.1) is 0 Å². The van der Waals surface area contributed by atoms with Gasteiger partial charge in [0.05, 0.1) is 19.8 Å². The molecule has 1 atom stereocenters. The van der Waals surface area contributed by atoms with Crippen molar-refractivity contribution in [2.75, 3.05) is 27.3 Å². The van der Waals surface area contributed by atoms with Gasteiger partial charge in [-0.15, -0.1) is 0 Å². The Labute approximate surface area is 150 Å². The average molecular weight is 390 g/mol. The minimum Gasteiger partial charge on any atom is -0.497 e. The van der Waals surface area contributed by atoms with Crippen molar-refractivity contribution in [1.29, 1.82) is 0 Å². The Balaban J connectivity index is 1.74. The second kappa shape index (κ2) is 7.26. The van der Waals surface area contributed by atoms with Crippen LogP contribution in [0.4, 0.5) is 0 Å². The van der Waals surface area contributed by atoms with Crippen LogP contribution in [0.25, 0.3) is 0 Å². The summed E-state index contributed by atoms with van der Waals surface area (Å²) in [7, 11) is 3.27. The highest BCUT2D eigenvalue weighted by molar-refractivity contribution is 9.10. The molecule has 1 aliphatic heterocycles. The fourth-order valence-corrected chi connectivity index (χ4v) is 3.47.